The maximum absolute atomic E-state index is 10.8. The van der Waals surface area contributed by atoms with Crippen molar-refractivity contribution in [3.63, 3.8) is 0 Å². The fourth-order valence-corrected chi connectivity index (χ4v) is 2.00. The average Bonchev–Trinajstić information content (AvgIpc) is 2.55. The number of methoxy groups -OCH3 is 1. The van der Waals surface area contributed by atoms with E-state index in [0.29, 0.717) is 17.8 Å². The summed E-state index contributed by atoms with van der Waals surface area (Å²) in [5.41, 5.74) is 5.39. The Morgan fingerprint density at radius 2 is 2.05 bits per heavy atom. The maximum Gasteiger partial charge on any atom is 0.270 e. The first kappa shape index (κ1) is 15.5. The predicted octanol–water partition coefficient (Wildman–Crippen LogP) is 3.12. The topological polar surface area (TPSA) is 76.8 Å². The van der Waals surface area contributed by atoms with E-state index in [9.17, 15) is 10.1 Å². The van der Waals surface area contributed by atoms with Gasteiger partial charge in [-0.15, -0.1) is 0 Å². The van der Waals surface area contributed by atoms with E-state index in [0.717, 1.165) is 11.3 Å². The van der Waals surface area contributed by atoms with Crippen molar-refractivity contribution < 1.29 is 9.66 Å². The van der Waals surface area contributed by atoms with Crippen LogP contribution in [0.2, 0.25) is 0 Å². The van der Waals surface area contributed by atoms with E-state index < -0.39 is 4.92 Å². The first-order valence-electron chi connectivity index (χ1n) is 6.75. The van der Waals surface area contributed by atoms with E-state index in [2.05, 4.69) is 10.5 Å². The first-order valence-corrected chi connectivity index (χ1v) is 6.75. The lowest BCUT2D eigenvalue weighted by Gasteiger charge is -2.08. The van der Waals surface area contributed by atoms with Crippen LogP contribution in [0, 0.1) is 10.1 Å². The van der Waals surface area contributed by atoms with Crippen LogP contribution in [0.5, 0.6) is 5.75 Å². The molecule has 0 bridgehead atoms. The highest BCUT2D eigenvalue weighted by Gasteiger charge is 2.07. The maximum atomic E-state index is 10.8. The van der Waals surface area contributed by atoms with E-state index in [1.54, 1.807) is 26.2 Å². The molecule has 0 aliphatic carbocycles. The molecule has 0 atom stereocenters. The number of para-hydroxylation sites is 1. The lowest BCUT2D eigenvalue weighted by Crippen LogP contribution is -2.10. The standard InChI is InChI=1S/C16H17N3O3/c1-12(13-7-5-8-15(10-13)19(20)21)18-17-11-14-6-3-4-9-16(14)22-2/h3-10,17H,11H2,1-2H3/b18-12-. The summed E-state index contributed by atoms with van der Waals surface area (Å²) < 4.78 is 5.27. The molecule has 114 valence electrons. The summed E-state index contributed by atoms with van der Waals surface area (Å²) in [4.78, 5) is 10.4. The molecule has 1 N–H and O–H groups in total. The van der Waals surface area contributed by atoms with Crippen LogP contribution in [0.25, 0.3) is 0 Å². The summed E-state index contributed by atoms with van der Waals surface area (Å²) >= 11 is 0. The Morgan fingerprint density at radius 3 is 2.77 bits per heavy atom. The van der Waals surface area contributed by atoms with E-state index >= 15 is 0 Å². The monoisotopic (exact) mass is 299 g/mol. The lowest BCUT2D eigenvalue weighted by atomic mass is 10.1. The predicted molar refractivity (Wildman–Crippen MR) is 85.1 cm³/mol. The van der Waals surface area contributed by atoms with Gasteiger partial charge in [-0.1, -0.05) is 30.3 Å². The second-order valence-electron chi connectivity index (χ2n) is 4.65. The molecule has 0 heterocycles. The van der Waals surface area contributed by atoms with Crippen LogP contribution < -0.4 is 10.2 Å². The number of nitro benzene ring substituents is 1. The normalized spacial score (nSPS) is 11.1. The van der Waals surface area contributed by atoms with Gasteiger partial charge in [-0.3, -0.25) is 10.1 Å². The molecule has 0 aromatic heterocycles. The number of hydrazone groups is 1. The van der Waals surface area contributed by atoms with Gasteiger partial charge >= 0.3 is 0 Å². The number of nitrogens with zero attached hydrogens (tertiary/aromatic N) is 2. The summed E-state index contributed by atoms with van der Waals surface area (Å²) in [7, 11) is 1.62. The molecular formula is C16H17N3O3. The van der Waals surface area contributed by atoms with Gasteiger partial charge < -0.3 is 10.2 Å². The van der Waals surface area contributed by atoms with Crippen LogP contribution in [-0.4, -0.2) is 17.7 Å². The van der Waals surface area contributed by atoms with Crippen LogP contribution >= 0.6 is 0 Å². The van der Waals surface area contributed by atoms with Crippen molar-refractivity contribution in [1.82, 2.24) is 5.43 Å². The van der Waals surface area contributed by atoms with Crippen molar-refractivity contribution in [3.05, 3.63) is 69.8 Å². The van der Waals surface area contributed by atoms with E-state index in [1.165, 1.54) is 12.1 Å². The zero-order valence-corrected chi connectivity index (χ0v) is 12.4. The number of nitrogens with one attached hydrogen (secondary N) is 1. The molecule has 2 rings (SSSR count). The summed E-state index contributed by atoms with van der Waals surface area (Å²) in [5, 5.41) is 15.0. The Bertz CT molecular complexity index is 699. The molecule has 0 amide bonds. The molecule has 2 aromatic rings. The van der Waals surface area contributed by atoms with Gasteiger partial charge in [0.1, 0.15) is 5.75 Å². The quantitative estimate of drug-likeness (QED) is 0.505. The number of benzene rings is 2. The van der Waals surface area contributed by atoms with Gasteiger partial charge in [0, 0.05) is 23.3 Å². The van der Waals surface area contributed by atoms with Crippen molar-refractivity contribution in [2.45, 2.75) is 13.5 Å². The van der Waals surface area contributed by atoms with Crippen molar-refractivity contribution in [3.8, 4) is 5.75 Å². The molecule has 0 saturated heterocycles. The van der Waals surface area contributed by atoms with Crippen molar-refractivity contribution in [2.75, 3.05) is 7.11 Å². The van der Waals surface area contributed by atoms with Gasteiger partial charge in [-0.25, -0.2) is 0 Å². The smallest absolute Gasteiger partial charge is 0.270 e. The Balaban J connectivity index is 2.07. The molecule has 2 aromatic carbocycles. The molecule has 22 heavy (non-hydrogen) atoms. The van der Waals surface area contributed by atoms with Crippen molar-refractivity contribution in [1.29, 1.82) is 0 Å². The van der Waals surface area contributed by atoms with Gasteiger partial charge in [0.2, 0.25) is 0 Å². The van der Waals surface area contributed by atoms with Crippen LogP contribution in [0.3, 0.4) is 0 Å². The largest absolute Gasteiger partial charge is 0.496 e. The molecule has 0 saturated carbocycles. The Kier molecular flexibility index (Phi) is 5.08. The van der Waals surface area contributed by atoms with Gasteiger partial charge in [-0.05, 0) is 13.0 Å². The molecule has 0 aliphatic heterocycles. The van der Waals surface area contributed by atoms with Crippen LogP contribution in [-0.2, 0) is 6.54 Å². The minimum atomic E-state index is -0.418. The van der Waals surface area contributed by atoms with Gasteiger partial charge in [0.15, 0.2) is 0 Å². The number of rotatable bonds is 6. The minimum absolute atomic E-state index is 0.0526. The molecule has 0 fully saturated rings. The second-order valence-corrected chi connectivity index (χ2v) is 4.65. The van der Waals surface area contributed by atoms with Gasteiger partial charge in [0.25, 0.3) is 5.69 Å². The minimum Gasteiger partial charge on any atom is -0.496 e. The van der Waals surface area contributed by atoms with Crippen molar-refractivity contribution >= 4 is 11.4 Å². The number of ether oxygens (including phenoxy) is 1. The zero-order chi connectivity index (χ0) is 15.9. The Hall–Kier alpha value is -2.89. The fraction of sp³-hybridized carbons (Fsp3) is 0.188. The second kappa shape index (κ2) is 7.21. The number of hydrogen-bond donors (Lipinski definition) is 1. The van der Waals surface area contributed by atoms with Crippen LogP contribution in [0.1, 0.15) is 18.1 Å². The highest BCUT2D eigenvalue weighted by Crippen LogP contribution is 2.17. The Labute approximate surface area is 128 Å². The van der Waals surface area contributed by atoms with E-state index in [1.807, 2.05) is 24.3 Å². The molecule has 0 spiro atoms. The first-order chi connectivity index (χ1) is 10.6. The van der Waals surface area contributed by atoms with Gasteiger partial charge in [-0.2, -0.15) is 5.10 Å². The van der Waals surface area contributed by atoms with Gasteiger partial charge in [0.05, 0.1) is 24.3 Å². The molecule has 0 unspecified atom stereocenters. The Morgan fingerprint density at radius 1 is 1.27 bits per heavy atom. The summed E-state index contributed by atoms with van der Waals surface area (Å²) in [6, 6.07) is 14.1. The van der Waals surface area contributed by atoms with Crippen molar-refractivity contribution in [2.24, 2.45) is 5.10 Å². The number of hydrogen-bond acceptors (Lipinski definition) is 5. The lowest BCUT2D eigenvalue weighted by molar-refractivity contribution is -0.384. The molecular weight excluding hydrogens is 282 g/mol. The molecule has 0 aliphatic rings. The number of nitro groups is 1. The van der Waals surface area contributed by atoms with E-state index in [-0.39, 0.29) is 5.69 Å². The number of non-ortho nitro benzene ring substituents is 1. The molecule has 0 radical (unpaired) electrons. The molecule has 6 nitrogen and oxygen atoms in total. The summed E-state index contributed by atoms with van der Waals surface area (Å²) in [6.07, 6.45) is 0. The van der Waals surface area contributed by atoms with Crippen LogP contribution in [0.4, 0.5) is 5.69 Å². The summed E-state index contributed by atoms with van der Waals surface area (Å²) in [5.74, 6) is 0.790. The average molecular weight is 299 g/mol. The molecule has 6 heteroatoms. The summed E-state index contributed by atoms with van der Waals surface area (Å²) in [6.45, 7) is 2.31. The van der Waals surface area contributed by atoms with Crippen LogP contribution in [0.15, 0.2) is 53.6 Å². The SMILES string of the molecule is COc1ccccc1CN/N=C(/C)c1cccc([N+](=O)[O-])c1. The third kappa shape index (κ3) is 3.82. The third-order valence-electron chi connectivity index (χ3n) is 3.18. The van der Waals surface area contributed by atoms with E-state index in [4.69, 9.17) is 4.74 Å². The zero-order valence-electron chi connectivity index (χ0n) is 12.4. The third-order valence-corrected chi connectivity index (χ3v) is 3.18. The highest BCUT2D eigenvalue weighted by molar-refractivity contribution is 5.99. The fourth-order valence-electron chi connectivity index (χ4n) is 2.00. The highest BCUT2D eigenvalue weighted by atomic mass is 16.6.